The number of rotatable bonds is 4. The molecular weight excluding hydrogens is 188 g/mol. The lowest BCUT2D eigenvalue weighted by molar-refractivity contribution is 0.335. The van der Waals surface area contributed by atoms with Crippen LogP contribution in [0.5, 0.6) is 0 Å². The van der Waals surface area contributed by atoms with Crippen molar-refractivity contribution in [2.24, 2.45) is 5.92 Å². The van der Waals surface area contributed by atoms with Gasteiger partial charge in [-0.25, -0.2) is 0 Å². The van der Waals surface area contributed by atoms with Gasteiger partial charge in [-0.3, -0.25) is 0 Å². The van der Waals surface area contributed by atoms with Crippen molar-refractivity contribution in [3.63, 3.8) is 0 Å². The molecule has 1 saturated heterocycles. The van der Waals surface area contributed by atoms with Gasteiger partial charge in [0.2, 0.25) is 0 Å². The Kier molecular flexibility index (Phi) is 3.80. The van der Waals surface area contributed by atoms with Crippen molar-refractivity contribution in [1.29, 1.82) is 0 Å². The molecule has 15 heavy (non-hydrogen) atoms. The quantitative estimate of drug-likeness (QED) is 0.794. The molecule has 2 rings (SSSR count). The van der Waals surface area contributed by atoms with Gasteiger partial charge in [0, 0.05) is 0 Å². The van der Waals surface area contributed by atoms with Crippen LogP contribution in [0.2, 0.25) is 0 Å². The van der Waals surface area contributed by atoms with Gasteiger partial charge in [-0.05, 0) is 57.5 Å². The van der Waals surface area contributed by atoms with Crippen LogP contribution in [0.15, 0.2) is 22.8 Å². The largest absolute Gasteiger partial charge is 0.468 e. The summed E-state index contributed by atoms with van der Waals surface area (Å²) in [7, 11) is 0. The van der Waals surface area contributed by atoms with E-state index in [1.54, 1.807) is 6.26 Å². The molecule has 1 aromatic heterocycles. The first-order chi connectivity index (χ1) is 7.36. The fraction of sp³-hybridized carbons (Fsp3) is 0.667. The summed E-state index contributed by atoms with van der Waals surface area (Å²) in [4.78, 5) is 0. The van der Waals surface area contributed by atoms with Gasteiger partial charge in [-0.15, -0.1) is 0 Å². The predicted molar refractivity (Wildman–Crippen MR) is 60.7 cm³/mol. The highest BCUT2D eigenvalue weighted by atomic mass is 16.3. The second-order valence-electron chi connectivity index (χ2n) is 4.36. The SMILES string of the molecule is CC(NCC1CCCNC1)c1ccco1. The first-order valence-electron chi connectivity index (χ1n) is 5.84. The molecule has 2 atom stereocenters. The van der Waals surface area contributed by atoms with Crippen LogP contribution in [0.3, 0.4) is 0 Å². The molecule has 2 heterocycles. The zero-order chi connectivity index (χ0) is 10.5. The topological polar surface area (TPSA) is 37.2 Å². The van der Waals surface area contributed by atoms with Crippen molar-refractivity contribution in [2.75, 3.05) is 19.6 Å². The van der Waals surface area contributed by atoms with E-state index in [9.17, 15) is 0 Å². The van der Waals surface area contributed by atoms with Crippen molar-refractivity contribution < 1.29 is 4.42 Å². The molecule has 2 N–H and O–H groups in total. The Bertz CT molecular complexity index is 265. The molecule has 0 amide bonds. The van der Waals surface area contributed by atoms with Crippen LogP contribution in [-0.2, 0) is 0 Å². The number of hydrogen-bond donors (Lipinski definition) is 2. The van der Waals surface area contributed by atoms with Gasteiger partial charge in [0.25, 0.3) is 0 Å². The van der Waals surface area contributed by atoms with Crippen LogP contribution in [0.1, 0.15) is 31.6 Å². The molecule has 0 spiro atoms. The molecule has 2 unspecified atom stereocenters. The number of hydrogen-bond acceptors (Lipinski definition) is 3. The molecule has 1 aromatic rings. The molecule has 1 aliphatic heterocycles. The Morgan fingerprint density at radius 1 is 1.67 bits per heavy atom. The molecule has 0 aliphatic carbocycles. The molecule has 0 bridgehead atoms. The van der Waals surface area contributed by atoms with E-state index in [0.717, 1.165) is 24.8 Å². The van der Waals surface area contributed by atoms with Crippen molar-refractivity contribution in [3.8, 4) is 0 Å². The fourth-order valence-electron chi connectivity index (χ4n) is 2.08. The monoisotopic (exact) mass is 208 g/mol. The van der Waals surface area contributed by atoms with Crippen LogP contribution >= 0.6 is 0 Å². The summed E-state index contributed by atoms with van der Waals surface area (Å²) in [6, 6.07) is 4.29. The Morgan fingerprint density at radius 3 is 3.27 bits per heavy atom. The highest BCUT2D eigenvalue weighted by Gasteiger charge is 2.14. The van der Waals surface area contributed by atoms with E-state index in [0.29, 0.717) is 6.04 Å². The zero-order valence-corrected chi connectivity index (χ0v) is 9.33. The minimum atomic E-state index is 0.321. The minimum absolute atomic E-state index is 0.321. The number of nitrogens with one attached hydrogen (secondary N) is 2. The van der Waals surface area contributed by atoms with E-state index < -0.39 is 0 Å². The van der Waals surface area contributed by atoms with Crippen molar-refractivity contribution in [3.05, 3.63) is 24.2 Å². The van der Waals surface area contributed by atoms with Gasteiger partial charge in [-0.1, -0.05) is 0 Å². The molecule has 0 aromatic carbocycles. The van der Waals surface area contributed by atoms with Gasteiger partial charge in [0.15, 0.2) is 0 Å². The van der Waals surface area contributed by atoms with Gasteiger partial charge in [0.05, 0.1) is 12.3 Å². The van der Waals surface area contributed by atoms with Gasteiger partial charge in [-0.2, -0.15) is 0 Å². The third-order valence-corrected chi connectivity index (χ3v) is 3.08. The third kappa shape index (κ3) is 3.08. The van der Waals surface area contributed by atoms with Crippen LogP contribution in [-0.4, -0.2) is 19.6 Å². The first kappa shape index (κ1) is 10.7. The zero-order valence-electron chi connectivity index (χ0n) is 9.33. The maximum Gasteiger partial charge on any atom is 0.120 e. The molecule has 84 valence electrons. The molecule has 0 radical (unpaired) electrons. The summed E-state index contributed by atoms with van der Waals surface area (Å²) in [6.45, 7) is 5.56. The van der Waals surface area contributed by atoms with Gasteiger partial charge < -0.3 is 15.1 Å². The minimum Gasteiger partial charge on any atom is -0.468 e. The fourth-order valence-corrected chi connectivity index (χ4v) is 2.08. The summed E-state index contributed by atoms with van der Waals surface area (Å²) in [5.74, 6) is 1.80. The lowest BCUT2D eigenvalue weighted by Crippen LogP contribution is -2.36. The molecule has 3 heteroatoms. The summed E-state index contributed by atoms with van der Waals surface area (Å²) in [6.07, 6.45) is 4.38. The highest BCUT2D eigenvalue weighted by Crippen LogP contribution is 2.14. The van der Waals surface area contributed by atoms with Crippen LogP contribution < -0.4 is 10.6 Å². The van der Waals surface area contributed by atoms with Crippen LogP contribution in [0.4, 0.5) is 0 Å². The van der Waals surface area contributed by atoms with E-state index >= 15 is 0 Å². The van der Waals surface area contributed by atoms with E-state index in [2.05, 4.69) is 17.6 Å². The van der Waals surface area contributed by atoms with Crippen molar-refractivity contribution >= 4 is 0 Å². The van der Waals surface area contributed by atoms with E-state index in [-0.39, 0.29) is 0 Å². The highest BCUT2D eigenvalue weighted by molar-refractivity contribution is 5.02. The standard InChI is InChI=1S/C12H20N2O/c1-10(12-5-3-7-15-12)14-9-11-4-2-6-13-8-11/h3,5,7,10-11,13-14H,2,4,6,8-9H2,1H3. The summed E-state index contributed by atoms with van der Waals surface area (Å²) < 4.78 is 5.36. The summed E-state index contributed by atoms with van der Waals surface area (Å²) in [5.41, 5.74) is 0. The Hall–Kier alpha value is -0.800. The Balaban J connectivity index is 1.73. The van der Waals surface area contributed by atoms with Crippen molar-refractivity contribution in [2.45, 2.75) is 25.8 Å². The van der Waals surface area contributed by atoms with E-state index in [1.807, 2.05) is 12.1 Å². The molecule has 1 aliphatic rings. The van der Waals surface area contributed by atoms with Gasteiger partial charge in [0.1, 0.15) is 5.76 Å². The lowest BCUT2D eigenvalue weighted by Gasteiger charge is -2.24. The van der Waals surface area contributed by atoms with Crippen LogP contribution in [0.25, 0.3) is 0 Å². The van der Waals surface area contributed by atoms with Crippen LogP contribution in [0, 0.1) is 5.92 Å². The van der Waals surface area contributed by atoms with Crippen molar-refractivity contribution in [1.82, 2.24) is 10.6 Å². The molecule has 1 fully saturated rings. The van der Waals surface area contributed by atoms with Gasteiger partial charge >= 0.3 is 0 Å². The second-order valence-corrected chi connectivity index (χ2v) is 4.36. The van der Waals surface area contributed by atoms with E-state index in [1.165, 1.54) is 19.4 Å². The Labute approximate surface area is 91.2 Å². The maximum atomic E-state index is 5.36. The predicted octanol–water partition coefficient (Wildman–Crippen LogP) is 1.93. The average Bonchev–Trinajstić information content (AvgIpc) is 2.81. The smallest absolute Gasteiger partial charge is 0.120 e. The number of furan rings is 1. The summed E-state index contributed by atoms with van der Waals surface area (Å²) >= 11 is 0. The lowest BCUT2D eigenvalue weighted by atomic mass is 9.99. The molecule has 3 nitrogen and oxygen atoms in total. The normalized spacial score (nSPS) is 23.9. The molecule has 0 saturated carbocycles. The average molecular weight is 208 g/mol. The van der Waals surface area contributed by atoms with E-state index in [4.69, 9.17) is 4.42 Å². The third-order valence-electron chi connectivity index (χ3n) is 3.08. The Morgan fingerprint density at radius 2 is 2.60 bits per heavy atom. The molecular formula is C12H20N2O. The second kappa shape index (κ2) is 5.33. The summed E-state index contributed by atoms with van der Waals surface area (Å²) in [5, 5.41) is 6.95. The number of piperidine rings is 1. The first-order valence-corrected chi connectivity index (χ1v) is 5.84. The maximum absolute atomic E-state index is 5.36.